The predicted molar refractivity (Wildman–Crippen MR) is 52.6 cm³/mol. The lowest BCUT2D eigenvalue weighted by molar-refractivity contribution is 0.625. The van der Waals surface area contributed by atoms with E-state index in [4.69, 9.17) is 0 Å². The lowest BCUT2D eigenvalue weighted by atomic mass is 10.3. The van der Waals surface area contributed by atoms with Crippen molar-refractivity contribution in [2.45, 2.75) is 25.8 Å². The highest BCUT2D eigenvalue weighted by Gasteiger charge is 2.21. The highest BCUT2D eigenvalue weighted by molar-refractivity contribution is 4.97. The Morgan fingerprint density at radius 3 is 3.15 bits per heavy atom. The minimum atomic E-state index is 0.936. The molecule has 1 saturated carbocycles. The van der Waals surface area contributed by atoms with Crippen molar-refractivity contribution in [1.82, 2.24) is 14.9 Å². The van der Waals surface area contributed by atoms with Crippen LogP contribution in [0.15, 0.2) is 12.5 Å². The van der Waals surface area contributed by atoms with Crippen molar-refractivity contribution < 1.29 is 0 Å². The second-order valence-corrected chi connectivity index (χ2v) is 3.86. The fourth-order valence-corrected chi connectivity index (χ4v) is 1.49. The molecule has 0 aliphatic heterocycles. The van der Waals surface area contributed by atoms with Crippen LogP contribution in [0.1, 0.15) is 18.5 Å². The van der Waals surface area contributed by atoms with Crippen LogP contribution >= 0.6 is 0 Å². The zero-order valence-electron chi connectivity index (χ0n) is 8.16. The highest BCUT2D eigenvalue weighted by Crippen LogP contribution is 2.30. The van der Waals surface area contributed by atoms with E-state index in [0.717, 1.165) is 18.9 Å². The molecule has 1 N–H and O–H groups in total. The standard InChI is InChI=1S/C10H17N3/c1-11-5-4-10-7-13(8-12-10)6-9-2-3-9/h7-9,11H,2-6H2,1H3. The van der Waals surface area contributed by atoms with Crippen LogP contribution in [-0.2, 0) is 13.0 Å². The topological polar surface area (TPSA) is 29.9 Å². The van der Waals surface area contributed by atoms with E-state index in [1.165, 1.54) is 25.1 Å². The molecular weight excluding hydrogens is 162 g/mol. The van der Waals surface area contributed by atoms with E-state index >= 15 is 0 Å². The van der Waals surface area contributed by atoms with Gasteiger partial charge in [0, 0.05) is 25.7 Å². The maximum Gasteiger partial charge on any atom is 0.0949 e. The molecular formula is C10H17N3. The Morgan fingerprint density at radius 2 is 2.46 bits per heavy atom. The van der Waals surface area contributed by atoms with Crippen LogP contribution in [-0.4, -0.2) is 23.1 Å². The van der Waals surface area contributed by atoms with Crippen LogP contribution in [0.5, 0.6) is 0 Å². The molecule has 0 bridgehead atoms. The lowest BCUT2D eigenvalue weighted by Gasteiger charge is -1.97. The van der Waals surface area contributed by atoms with Gasteiger partial charge in [0.25, 0.3) is 0 Å². The largest absolute Gasteiger partial charge is 0.337 e. The number of nitrogens with zero attached hydrogens (tertiary/aromatic N) is 2. The maximum atomic E-state index is 4.36. The van der Waals surface area contributed by atoms with Crippen molar-refractivity contribution in [2.24, 2.45) is 5.92 Å². The van der Waals surface area contributed by atoms with E-state index < -0.39 is 0 Å². The van der Waals surface area contributed by atoms with Crippen LogP contribution in [0.3, 0.4) is 0 Å². The van der Waals surface area contributed by atoms with E-state index in [-0.39, 0.29) is 0 Å². The molecule has 2 rings (SSSR count). The summed E-state index contributed by atoms with van der Waals surface area (Å²) in [6.07, 6.45) is 7.99. The summed E-state index contributed by atoms with van der Waals surface area (Å²) in [7, 11) is 1.97. The minimum absolute atomic E-state index is 0.936. The third kappa shape index (κ3) is 2.56. The molecule has 13 heavy (non-hydrogen) atoms. The molecule has 0 aromatic carbocycles. The zero-order chi connectivity index (χ0) is 9.10. The molecule has 0 atom stereocenters. The van der Waals surface area contributed by atoms with Crippen LogP contribution in [0.25, 0.3) is 0 Å². The van der Waals surface area contributed by atoms with Crippen LogP contribution < -0.4 is 5.32 Å². The lowest BCUT2D eigenvalue weighted by Crippen LogP contribution is -2.10. The first-order valence-corrected chi connectivity index (χ1v) is 5.03. The van der Waals surface area contributed by atoms with E-state index in [1.54, 1.807) is 0 Å². The quantitative estimate of drug-likeness (QED) is 0.732. The number of nitrogens with one attached hydrogen (secondary N) is 1. The van der Waals surface area contributed by atoms with Crippen molar-refractivity contribution in [3.63, 3.8) is 0 Å². The Hall–Kier alpha value is -0.830. The smallest absolute Gasteiger partial charge is 0.0949 e. The van der Waals surface area contributed by atoms with Gasteiger partial charge in [0.1, 0.15) is 0 Å². The second-order valence-electron chi connectivity index (χ2n) is 3.86. The van der Waals surface area contributed by atoms with Gasteiger partial charge in [0.05, 0.1) is 12.0 Å². The molecule has 0 unspecified atom stereocenters. The predicted octanol–water partition coefficient (Wildman–Crippen LogP) is 1.05. The molecule has 1 aliphatic carbocycles. The summed E-state index contributed by atoms with van der Waals surface area (Å²) in [6.45, 7) is 2.19. The summed E-state index contributed by atoms with van der Waals surface area (Å²) < 4.78 is 2.22. The van der Waals surface area contributed by atoms with Gasteiger partial charge in [0.15, 0.2) is 0 Å². The summed E-state index contributed by atoms with van der Waals surface area (Å²) in [5.41, 5.74) is 1.20. The third-order valence-electron chi connectivity index (χ3n) is 2.48. The van der Waals surface area contributed by atoms with Crippen molar-refractivity contribution in [3.8, 4) is 0 Å². The second kappa shape index (κ2) is 3.92. The van der Waals surface area contributed by atoms with Gasteiger partial charge >= 0.3 is 0 Å². The molecule has 0 amide bonds. The number of imidazole rings is 1. The molecule has 0 saturated heterocycles. The first-order valence-electron chi connectivity index (χ1n) is 5.03. The van der Waals surface area contributed by atoms with Crippen molar-refractivity contribution >= 4 is 0 Å². The highest BCUT2D eigenvalue weighted by atomic mass is 15.0. The van der Waals surface area contributed by atoms with Gasteiger partial charge in [-0.25, -0.2) is 4.98 Å². The van der Waals surface area contributed by atoms with Crippen molar-refractivity contribution in [1.29, 1.82) is 0 Å². The first-order chi connectivity index (χ1) is 6.38. The average Bonchev–Trinajstić information content (AvgIpc) is 2.81. The number of hydrogen-bond acceptors (Lipinski definition) is 2. The first kappa shape index (κ1) is 8.75. The fourth-order valence-electron chi connectivity index (χ4n) is 1.49. The average molecular weight is 179 g/mol. The normalized spacial score (nSPS) is 16.4. The Kier molecular flexibility index (Phi) is 2.64. The molecule has 3 nitrogen and oxygen atoms in total. The summed E-state index contributed by atoms with van der Waals surface area (Å²) in [5.74, 6) is 0.936. The monoisotopic (exact) mass is 179 g/mol. The molecule has 72 valence electrons. The molecule has 1 aromatic rings. The Labute approximate surface area is 79.2 Å². The summed E-state index contributed by atoms with van der Waals surface area (Å²) >= 11 is 0. The van der Waals surface area contributed by atoms with E-state index in [9.17, 15) is 0 Å². The number of aromatic nitrogens is 2. The van der Waals surface area contributed by atoms with Gasteiger partial charge in [0.2, 0.25) is 0 Å². The Bertz CT molecular complexity index is 263. The molecule has 1 aromatic heterocycles. The Morgan fingerprint density at radius 1 is 1.62 bits per heavy atom. The minimum Gasteiger partial charge on any atom is -0.337 e. The zero-order valence-corrected chi connectivity index (χ0v) is 8.16. The van der Waals surface area contributed by atoms with Crippen LogP contribution in [0.2, 0.25) is 0 Å². The molecule has 3 heteroatoms. The Balaban J connectivity index is 1.84. The van der Waals surface area contributed by atoms with E-state index in [2.05, 4.69) is 21.1 Å². The molecule has 0 radical (unpaired) electrons. The van der Waals surface area contributed by atoms with Gasteiger partial charge < -0.3 is 9.88 Å². The van der Waals surface area contributed by atoms with Gasteiger partial charge in [-0.15, -0.1) is 0 Å². The van der Waals surface area contributed by atoms with Gasteiger partial charge in [-0.1, -0.05) is 0 Å². The molecule has 1 heterocycles. The molecule has 1 aliphatic rings. The van der Waals surface area contributed by atoms with Gasteiger partial charge in [-0.2, -0.15) is 0 Å². The number of rotatable bonds is 5. The van der Waals surface area contributed by atoms with Crippen molar-refractivity contribution in [3.05, 3.63) is 18.2 Å². The van der Waals surface area contributed by atoms with E-state index in [1.807, 2.05) is 13.4 Å². The van der Waals surface area contributed by atoms with Gasteiger partial charge in [-0.3, -0.25) is 0 Å². The fraction of sp³-hybridized carbons (Fsp3) is 0.700. The van der Waals surface area contributed by atoms with Crippen LogP contribution in [0, 0.1) is 5.92 Å². The molecule has 0 spiro atoms. The van der Waals surface area contributed by atoms with Crippen molar-refractivity contribution in [2.75, 3.05) is 13.6 Å². The summed E-state index contributed by atoms with van der Waals surface area (Å²) in [6, 6.07) is 0. The van der Waals surface area contributed by atoms with Crippen LogP contribution in [0.4, 0.5) is 0 Å². The summed E-state index contributed by atoms with van der Waals surface area (Å²) in [5, 5.41) is 3.13. The third-order valence-corrected chi connectivity index (χ3v) is 2.48. The molecule has 1 fully saturated rings. The van der Waals surface area contributed by atoms with E-state index in [0.29, 0.717) is 0 Å². The number of hydrogen-bond donors (Lipinski definition) is 1. The number of likely N-dealkylation sites (N-methyl/N-ethyl adjacent to an activating group) is 1. The SMILES string of the molecule is CNCCc1cn(CC2CC2)cn1. The summed E-state index contributed by atoms with van der Waals surface area (Å²) in [4.78, 5) is 4.36. The van der Waals surface area contributed by atoms with Gasteiger partial charge in [-0.05, 0) is 25.8 Å². The maximum absolute atomic E-state index is 4.36.